The minimum Gasteiger partial charge on any atom is -0.390 e. The first kappa shape index (κ1) is 16.2. The second-order valence-electron chi connectivity index (χ2n) is 5.68. The van der Waals surface area contributed by atoms with Crippen molar-refractivity contribution in [3.63, 3.8) is 0 Å². The lowest BCUT2D eigenvalue weighted by atomic mass is 9.91. The zero-order valence-electron chi connectivity index (χ0n) is 12.6. The average Bonchev–Trinajstić information content (AvgIpc) is 2.36. The van der Waals surface area contributed by atoms with Crippen LogP contribution in [0.2, 0.25) is 0 Å². The molecule has 0 amide bonds. The predicted molar refractivity (Wildman–Crippen MR) is 77.3 cm³/mol. The van der Waals surface area contributed by atoms with E-state index in [1.807, 2.05) is 6.92 Å². The fourth-order valence-corrected chi connectivity index (χ4v) is 2.15. The maximum Gasteiger partial charge on any atom is 0.159 e. The summed E-state index contributed by atoms with van der Waals surface area (Å²) in [7, 11) is 3.17. The molecule has 0 aliphatic carbocycles. The van der Waals surface area contributed by atoms with E-state index in [1.165, 1.54) is 5.56 Å². The van der Waals surface area contributed by atoms with Crippen LogP contribution in [-0.4, -0.2) is 31.2 Å². The summed E-state index contributed by atoms with van der Waals surface area (Å²) in [6, 6.07) is 8.41. The Morgan fingerprint density at radius 3 is 2.05 bits per heavy atom. The van der Waals surface area contributed by atoms with Crippen LogP contribution in [0.25, 0.3) is 0 Å². The van der Waals surface area contributed by atoms with Crippen LogP contribution in [0.5, 0.6) is 0 Å². The van der Waals surface area contributed by atoms with E-state index in [0.29, 0.717) is 18.8 Å². The molecule has 0 heterocycles. The molecule has 108 valence electrons. The quantitative estimate of drug-likeness (QED) is 0.771. The zero-order chi connectivity index (χ0) is 14.5. The number of hydrogen-bond acceptors (Lipinski definition) is 3. The SMILES string of the molecule is COC(CC(C)(O)Cc1ccc(C(C)C)cc1)OC. The molecule has 0 aliphatic heterocycles. The Hall–Kier alpha value is -0.900. The molecule has 1 unspecified atom stereocenters. The van der Waals surface area contributed by atoms with Gasteiger partial charge in [0.05, 0.1) is 5.60 Å². The molecule has 0 saturated carbocycles. The van der Waals surface area contributed by atoms with Crippen molar-refractivity contribution in [2.24, 2.45) is 0 Å². The lowest BCUT2D eigenvalue weighted by molar-refractivity contribution is -0.139. The van der Waals surface area contributed by atoms with Crippen molar-refractivity contribution in [1.29, 1.82) is 0 Å². The van der Waals surface area contributed by atoms with Crippen LogP contribution in [0.1, 0.15) is 44.2 Å². The van der Waals surface area contributed by atoms with Gasteiger partial charge in [-0.05, 0) is 24.0 Å². The molecule has 0 aromatic heterocycles. The number of benzene rings is 1. The van der Waals surface area contributed by atoms with Gasteiger partial charge in [0.25, 0.3) is 0 Å². The standard InChI is InChI=1S/C16H26O3/c1-12(2)14-8-6-13(7-9-14)10-16(3,17)11-15(18-4)19-5/h6-9,12,15,17H,10-11H2,1-5H3. The van der Waals surface area contributed by atoms with Crippen LogP contribution < -0.4 is 0 Å². The van der Waals surface area contributed by atoms with Crippen LogP contribution in [-0.2, 0) is 15.9 Å². The minimum absolute atomic E-state index is 0.370. The molecule has 1 rings (SSSR count). The van der Waals surface area contributed by atoms with Gasteiger partial charge in [0.2, 0.25) is 0 Å². The largest absolute Gasteiger partial charge is 0.390 e. The Balaban J connectivity index is 2.66. The third-order valence-electron chi connectivity index (χ3n) is 3.36. The highest BCUT2D eigenvalue weighted by Gasteiger charge is 2.25. The fourth-order valence-electron chi connectivity index (χ4n) is 2.15. The van der Waals surface area contributed by atoms with Crippen molar-refractivity contribution in [1.82, 2.24) is 0 Å². The van der Waals surface area contributed by atoms with Gasteiger partial charge in [-0.15, -0.1) is 0 Å². The Kier molecular flexibility index (Phi) is 5.98. The molecule has 0 spiro atoms. The van der Waals surface area contributed by atoms with Crippen molar-refractivity contribution in [3.05, 3.63) is 35.4 Å². The number of ether oxygens (including phenoxy) is 2. The molecule has 0 bridgehead atoms. The van der Waals surface area contributed by atoms with Gasteiger partial charge < -0.3 is 14.6 Å². The number of methoxy groups -OCH3 is 2. The second kappa shape index (κ2) is 7.04. The summed E-state index contributed by atoms with van der Waals surface area (Å²) in [5.74, 6) is 0.529. The lowest BCUT2D eigenvalue weighted by Gasteiger charge is -2.27. The van der Waals surface area contributed by atoms with Crippen molar-refractivity contribution in [2.45, 2.75) is 51.4 Å². The highest BCUT2D eigenvalue weighted by molar-refractivity contribution is 5.25. The van der Waals surface area contributed by atoms with Crippen LogP contribution in [0.3, 0.4) is 0 Å². The van der Waals surface area contributed by atoms with E-state index in [-0.39, 0.29) is 6.29 Å². The van der Waals surface area contributed by atoms with Crippen molar-refractivity contribution < 1.29 is 14.6 Å². The van der Waals surface area contributed by atoms with E-state index in [2.05, 4.69) is 38.1 Å². The highest BCUT2D eigenvalue weighted by atomic mass is 16.7. The molecular weight excluding hydrogens is 240 g/mol. The highest BCUT2D eigenvalue weighted by Crippen LogP contribution is 2.22. The van der Waals surface area contributed by atoms with Gasteiger partial charge in [-0.25, -0.2) is 0 Å². The van der Waals surface area contributed by atoms with E-state index in [4.69, 9.17) is 9.47 Å². The molecule has 1 N–H and O–H groups in total. The molecule has 0 saturated heterocycles. The molecule has 0 radical (unpaired) electrons. The van der Waals surface area contributed by atoms with Gasteiger partial charge in [0.15, 0.2) is 6.29 Å². The van der Waals surface area contributed by atoms with Crippen molar-refractivity contribution >= 4 is 0 Å². The van der Waals surface area contributed by atoms with E-state index < -0.39 is 5.60 Å². The molecular formula is C16H26O3. The molecule has 0 fully saturated rings. The van der Waals surface area contributed by atoms with Crippen LogP contribution in [0.4, 0.5) is 0 Å². The second-order valence-corrected chi connectivity index (χ2v) is 5.68. The van der Waals surface area contributed by atoms with Gasteiger partial charge in [0.1, 0.15) is 0 Å². The predicted octanol–water partition coefficient (Wildman–Crippen LogP) is 3.11. The number of hydrogen-bond donors (Lipinski definition) is 1. The summed E-state index contributed by atoms with van der Waals surface area (Å²) < 4.78 is 10.3. The number of rotatable bonds is 7. The summed E-state index contributed by atoms with van der Waals surface area (Å²) >= 11 is 0. The summed E-state index contributed by atoms with van der Waals surface area (Å²) in [6.07, 6.45) is 0.672. The summed E-state index contributed by atoms with van der Waals surface area (Å²) in [4.78, 5) is 0. The first-order chi connectivity index (χ1) is 8.88. The van der Waals surface area contributed by atoms with E-state index in [1.54, 1.807) is 14.2 Å². The summed E-state index contributed by atoms with van der Waals surface area (Å²) in [5.41, 5.74) is 1.60. The molecule has 0 aliphatic rings. The Morgan fingerprint density at radius 2 is 1.63 bits per heavy atom. The monoisotopic (exact) mass is 266 g/mol. The van der Waals surface area contributed by atoms with Gasteiger partial charge in [-0.3, -0.25) is 0 Å². The normalized spacial score (nSPS) is 14.9. The Bertz CT molecular complexity index is 364. The smallest absolute Gasteiger partial charge is 0.159 e. The molecule has 1 atom stereocenters. The Morgan fingerprint density at radius 1 is 1.11 bits per heavy atom. The third-order valence-corrected chi connectivity index (χ3v) is 3.36. The third kappa shape index (κ3) is 5.31. The van der Waals surface area contributed by atoms with Crippen LogP contribution >= 0.6 is 0 Å². The van der Waals surface area contributed by atoms with Crippen molar-refractivity contribution in [2.75, 3.05) is 14.2 Å². The fraction of sp³-hybridized carbons (Fsp3) is 0.625. The summed E-state index contributed by atoms with van der Waals surface area (Å²) in [6.45, 7) is 6.16. The van der Waals surface area contributed by atoms with E-state index in [9.17, 15) is 5.11 Å². The average molecular weight is 266 g/mol. The lowest BCUT2D eigenvalue weighted by Crippen LogP contribution is -2.34. The molecule has 1 aromatic carbocycles. The molecule has 3 heteroatoms. The van der Waals surface area contributed by atoms with E-state index in [0.717, 1.165) is 5.56 Å². The number of aliphatic hydroxyl groups is 1. The maximum atomic E-state index is 10.4. The van der Waals surface area contributed by atoms with Gasteiger partial charge in [-0.1, -0.05) is 38.1 Å². The van der Waals surface area contributed by atoms with Crippen LogP contribution in [0.15, 0.2) is 24.3 Å². The molecule has 19 heavy (non-hydrogen) atoms. The first-order valence-electron chi connectivity index (χ1n) is 6.75. The van der Waals surface area contributed by atoms with Gasteiger partial charge in [0, 0.05) is 27.1 Å². The molecule has 1 aromatic rings. The Labute approximate surface area is 116 Å². The minimum atomic E-state index is -0.837. The summed E-state index contributed by atoms with van der Waals surface area (Å²) in [5, 5.41) is 10.4. The zero-order valence-corrected chi connectivity index (χ0v) is 12.6. The maximum absolute atomic E-state index is 10.4. The van der Waals surface area contributed by atoms with Gasteiger partial charge >= 0.3 is 0 Å². The first-order valence-corrected chi connectivity index (χ1v) is 6.75. The van der Waals surface area contributed by atoms with Crippen molar-refractivity contribution in [3.8, 4) is 0 Å². The topological polar surface area (TPSA) is 38.7 Å². The van der Waals surface area contributed by atoms with Gasteiger partial charge in [-0.2, -0.15) is 0 Å². The van der Waals surface area contributed by atoms with E-state index >= 15 is 0 Å². The van der Waals surface area contributed by atoms with Crippen LogP contribution in [0, 0.1) is 0 Å². The molecule has 3 nitrogen and oxygen atoms in total.